The molecule has 0 amide bonds. The van der Waals surface area contributed by atoms with E-state index in [9.17, 15) is 0 Å². The van der Waals surface area contributed by atoms with Crippen molar-refractivity contribution in [1.82, 2.24) is 15.0 Å². The van der Waals surface area contributed by atoms with Crippen LogP contribution in [0.15, 0.2) is 54.9 Å². The van der Waals surface area contributed by atoms with E-state index in [1.807, 2.05) is 42.5 Å². The summed E-state index contributed by atoms with van der Waals surface area (Å²) in [7, 11) is 3.27. The molecule has 0 atom stereocenters. The molecule has 0 saturated carbocycles. The van der Waals surface area contributed by atoms with Gasteiger partial charge in [0, 0.05) is 18.9 Å². The summed E-state index contributed by atoms with van der Waals surface area (Å²) in [5.41, 5.74) is 2.10. The van der Waals surface area contributed by atoms with Gasteiger partial charge in [-0.2, -0.15) is 4.98 Å². The average molecular weight is 365 g/mol. The molecule has 0 aliphatic carbocycles. The number of nitrogens with zero attached hydrogens (tertiary/aromatic N) is 3. The zero-order valence-corrected chi connectivity index (χ0v) is 15.5. The molecule has 0 unspecified atom stereocenters. The first-order valence-electron chi connectivity index (χ1n) is 8.70. The Morgan fingerprint density at radius 1 is 0.889 bits per heavy atom. The van der Waals surface area contributed by atoms with Crippen LogP contribution in [0.2, 0.25) is 0 Å². The van der Waals surface area contributed by atoms with Crippen LogP contribution < -0.4 is 20.1 Å². The zero-order valence-electron chi connectivity index (χ0n) is 15.5. The third-order valence-corrected chi connectivity index (χ3v) is 3.98. The molecule has 0 saturated heterocycles. The summed E-state index contributed by atoms with van der Waals surface area (Å²) in [5.74, 6) is 2.79. The van der Waals surface area contributed by atoms with Gasteiger partial charge >= 0.3 is 0 Å². The van der Waals surface area contributed by atoms with Crippen LogP contribution in [0, 0.1) is 0 Å². The van der Waals surface area contributed by atoms with E-state index in [0.29, 0.717) is 19.0 Å². The van der Waals surface area contributed by atoms with Crippen LogP contribution in [0.1, 0.15) is 11.3 Å². The molecule has 0 fully saturated rings. The first-order chi connectivity index (χ1) is 13.3. The molecule has 2 heterocycles. The van der Waals surface area contributed by atoms with E-state index in [1.165, 1.54) is 0 Å². The number of hydrogen-bond donors (Lipinski definition) is 2. The lowest BCUT2D eigenvalue weighted by molar-refractivity contribution is 0.354. The van der Waals surface area contributed by atoms with Gasteiger partial charge in [0.25, 0.3) is 0 Å². The minimum Gasteiger partial charge on any atom is -0.493 e. The molecule has 3 rings (SSSR count). The number of aromatic nitrogens is 3. The lowest BCUT2D eigenvalue weighted by Crippen LogP contribution is -2.10. The molecule has 140 valence electrons. The Hall–Kier alpha value is -3.35. The highest BCUT2D eigenvalue weighted by Gasteiger charge is 2.05. The van der Waals surface area contributed by atoms with Crippen molar-refractivity contribution in [3.8, 4) is 11.5 Å². The summed E-state index contributed by atoms with van der Waals surface area (Å²) in [4.78, 5) is 13.0. The number of pyridine rings is 1. The van der Waals surface area contributed by atoms with E-state index in [-0.39, 0.29) is 0 Å². The van der Waals surface area contributed by atoms with Gasteiger partial charge in [0.2, 0.25) is 5.95 Å². The van der Waals surface area contributed by atoms with Crippen LogP contribution in [0.5, 0.6) is 11.5 Å². The second-order valence-electron chi connectivity index (χ2n) is 5.81. The summed E-state index contributed by atoms with van der Waals surface area (Å²) in [6.07, 6.45) is 4.32. The average Bonchev–Trinajstić information content (AvgIpc) is 2.73. The van der Waals surface area contributed by atoms with Crippen molar-refractivity contribution in [3.05, 3.63) is 66.1 Å². The van der Waals surface area contributed by atoms with Crippen molar-refractivity contribution in [2.24, 2.45) is 0 Å². The fourth-order valence-electron chi connectivity index (χ4n) is 2.58. The van der Waals surface area contributed by atoms with Crippen molar-refractivity contribution in [2.75, 3.05) is 31.4 Å². The summed E-state index contributed by atoms with van der Waals surface area (Å²) >= 11 is 0. The van der Waals surface area contributed by atoms with E-state index in [0.717, 1.165) is 35.0 Å². The Bertz CT molecular complexity index is 858. The Morgan fingerprint density at radius 2 is 1.78 bits per heavy atom. The van der Waals surface area contributed by atoms with Crippen molar-refractivity contribution in [1.29, 1.82) is 0 Å². The van der Waals surface area contributed by atoms with Gasteiger partial charge in [-0.3, -0.25) is 4.98 Å². The van der Waals surface area contributed by atoms with Crippen molar-refractivity contribution >= 4 is 11.8 Å². The lowest BCUT2D eigenvalue weighted by atomic mass is 10.1. The summed E-state index contributed by atoms with van der Waals surface area (Å²) in [6.45, 7) is 1.32. The number of anilines is 2. The smallest absolute Gasteiger partial charge is 0.224 e. The molecule has 7 heteroatoms. The van der Waals surface area contributed by atoms with E-state index in [2.05, 4.69) is 25.6 Å². The number of rotatable bonds is 9. The maximum Gasteiger partial charge on any atom is 0.224 e. The molecule has 3 aromatic rings. The monoisotopic (exact) mass is 365 g/mol. The lowest BCUT2D eigenvalue weighted by Gasteiger charge is -2.10. The normalized spacial score (nSPS) is 10.3. The fourth-order valence-corrected chi connectivity index (χ4v) is 2.58. The van der Waals surface area contributed by atoms with Crippen LogP contribution in [-0.2, 0) is 13.0 Å². The molecule has 2 N–H and O–H groups in total. The summed E-state index contributed by atoms with van der Waals surface area (Å²) in [5, 5.41) is 6.50. The molecular weight excluding hydrogens is 342 g/mol. The van der Waals surface area contributed by atoms with E-state index >= 15 is 0 Å². The van der Waals surface area contributed by atoms with Crippen LogP contribution >= 0.6 is 0 Å². The van der Waals surface area contributed by atoms with Gasteiger partial charge in [0.1, 0.15) is 5.82 Å². The largest absolute Gasteiger partial charge is 0.493 e. The molecule has 0 radical (unpaired) electrons. The molecule has 0 aliphatic rings. The van der Waals surface area contributed by atoms with E-state index in [1.54, 1.807) is 26.6 Å². The van der Waals surface area contributed by atoms with Gasteiger partial charge in [0.15, 0.2) is 11.5 Å². The van der Waals surface area contributed by atoms with Gasteiger partial charge in [0.05, 0.1) is 26.5 Å². The van der Waals surface area contributed by atoms with Gasteiger partial charge in [-0.05, 0) is 42.3 Å². The third kappa shape index (κ3) is 5.31. The summed E-state index contributed by atoms with van der Waals surface area (Å²) < 4.78 is 10.6. The SMILES string of the molecule is COc1ccc(CCNc2nccc(NCc3ccccn3)n2)cc1OC. The standard InChI is InChI=1S/C20H23N5O2/c1-26-17-7-6-15(13-18(17)27-2)8-11-22-20-23-12-9-19(25-20)24-14-16-5-3-4-10-21-16/h3-7,9-10,12-13H,8,11,14H2,1-2H3,(H2,22,23,24,25). The molecular formula is C20H23N5O2. The number of hydrogen-bond acceptors (Lipinski definition) is 7. The number of benzene rings is 1. The van der Waals surface area contributed by atoms with Crippen LogP contribution in [0.3, 0.4) is 0 Å². The maximum atomic E-state index is 5.34. The molecule has 0 aliphatic heterocycles. The minimum atomic E-state index is 0.585. The van der Waals surface area contributed by atoms with Crippen molar-refractivity contribution in [2.45, 2.75) is 13.0 Å². The van der Waals surface area contributed by atoms with E-state index < -0.39 is 0 Å². The third-order valence-electron chi connectivity index (χ3n) is 3.98. The van der Waals surface area contributed by atoms with Crippen LogP contribution in [0.25, 0.3) is 0 Å². The highest BCUT2D eigenvalue weighted by molar-refractivity contribution is 5.43. The van der Waals surface area contributed by atoms with Crippen molar-refractivity contribution in [3.63, 3.8) is 0 Å². The van der Waals surface area contributed by atoms with Gasteiger partial charge in [-0.15, -0.1) is 0 Å². The predicted octanol–water partition coefficient (Wildman–Crippen LogP) is 3.16. The molecule has 7 nitrogen and oxygen atoms in total. The van der Waals surface area contributed by atoms with Gasteiger partial charge in [-0.1, -0.05) is 12.1 Å². The fraction of sp³-hybridized carbons (Fsp3) is 0.250. The van der Waals surface area contributed by atoms with Gasteiger partial charge in [-0.25, -0.2) is 4.98 Å². The van der Waals surface area contributed by atoms with E-state index in [4.69, 9.17) is 9.47 Å². The zero-order chi connectivity index (χ0) is 18.9. The predicted molar refractivity (Wildman–Crippen MR) is 105 cm³/mol. The van der Waals surface area contributed by atoms with Crippen LogP contribution in [0.4, 0.5) is 11.8 Å². The highest BCUT2D eigenvalue weighted by Crippen LogP contribution is 2.27. The maximum absolute atomic E-state index is 5.34. The van der Waals surface area contributed by atoms with Crippen LogP contribution in [-0.4, -0.2) is 35.7 Å². The molecule has 27 heavy (non-hydrogen) atoms. The second-order valence-corrected chi connectivity index (χ2v) is 5.81. The Kier molecular flexibility index (Phi) is 6.40. The summed E-state index contributed by atoms with van der Waals surface area (Å²) in [6, 6.07) is 13.6. The Labute approximate surface area is 158 Å². The number of nitrogens with one attached hydrogen (secondary N) is 2. The topological polar surface area (TPSA) is 81.2 Å². The van der Waals surface area contributed by atoms with Gasteiger partial charge < -0.3 is 20.1 Å². The minimum absolute atomic E-state index is 0.585. The molecule has 2 aromatic heterocycles. The molecule has 0 spiro atoms. The number of methoxy groups -OCH3 is 2. The second kappa shape index (κ2) is 9.38. The molecule has 0 bridgehead atoms. The number of ether oxygens (including phenoxy) is 2. The Morgan fingerprint density at radius 3 is 2.56 bits per heavy atom. The first-order valence-corrected chi connectivity index (χ1v) is 8.70. The first kappa shape index (κ1) is 18.4. The van der Waals surface area contributed by atoms with Crippen molar-refractivity contribution < 1.29 is 9.47 Å². The molecule has 1 aromatic carbocycles. The quantitative estimate of drug-likeness (QED) is 0.603. The Balaban J connectivity index is 1.52. The highest BCUT2D eigenvalue weighted by atomic mass is 16.5.